The van der Waals surface area contributed by atoms with E-state index in [4.69, 9.17) is 0 Å². The molecule has 0 unspecified atom stereocenters. The first kappa shape index (κ1) is 22.0. The fraction of sp³-hybridized carbons (Fsp3) is 0.348. The number of para-hydroxylation sites is 1. The first-order valence-corrected chi connectivity index (χ1v) is 10.4. The maximum absolute atomic E-state index is 12.7. The van der Waals surface area contributed by atoms with Gasteiger partial charge in [0.2, 0.25) is 5.91 Å². The number of carbonyl (C=O) groups excluding carboxylic acids is 1. The highest BCUT2D eigenvalue weighted by Gasteiger charge is 2.30. The predicted molar refractivity (Wildman–Crippen MR) is 114 cm³/mol. The summed E-state index contributed by atoms with van der Waals surface area (Å²) in [6.07, 6.45) is -3.73. The van der Waals surface area contributed by atoms with Gasteiger partial charge in [-0.2, -0.15) is 13.2 Å². The quantitative estimate of drug-likeness (QED) is 0.656. The average Bonchev–Trinajstić information content (AvgIpc) is 2.78. The van der Waals surface area contributed by atoms with E-state index in [9.17, 15) is 22.8 Å². The molecule has 4 rings (SSSR count). The molecule has 168 valence electrons. The lowest BCUT2D eigenvalue weighted by Crippen LogP contribution is -2.48. The van der Waals surface area contributed by atoms with E-state index in [1.165, 1.54) is 12.1 Å². The van der Waals surface area contributed by atoms with Gasteiger partial charge in [-0.05, 0) is 29.8 Å². The summed E-state index contributed by atoms with van der Waals surface area (Å²) in [5.74, 6) is 0.484. The van der Waals surface area contributed by atoms with E-state index >= 15 is 0 Å². The summed E-state index contributed by atoms with van der Waals surface area (Å²) in [7, 11) is 0. The Bertz CT molecular complexity index is 1150. The molecule has 32 heavy (non-hydrogen) atoms. The van der Waals surface area contributed by atoms with E-state index in [-0.39, 0.29) is 17.9 Å². The highest BCUT2D eigenvalue weighted by atomic mass is 19.4. The largest absolute Gasteiger partial charge is 0.416 e. The number of aryl methyl sites for hydroxylation is 1. The van der Waals surface area contributed by atoms with Crippen LogP contribution in [0.2, 0.25) is 0 Å². The van der Waals surface area contributed by atoms with Crippen LogP contribution in [0.1, 0.15) is 23.4 Å². The number of alkyl halides is 3. The summed E-state index contributed by atoms with van der Waals surface area (Å²) in [6, 6.07) is 12.3. The van der Waals surface area contributed by atoms with Crippen LogP contribution in [0, 0.1) is 0 Å². The van der Waals surface area contributed by atoms with E-state index in [0.29, 0.717) is 55.9 Å². The van der Waals surface area contributed by atoms with Crippen LogP contribution in [0.5, 0.6) is 0 Å². The zero-order valence-corrected chi connectivity index (χ0v) is 17.4. The number of nitrogens with zero attached hydrogens (tertiary/aromatic N) is 3. The Hall–Kier alpha value is -3.20. The molecule has 0 atom stereocenters. The maximum atomic E-state index is 12.7. The van der Waals surface area contributed by atoms with E-state index in [1.54, 1.807) is 23.1 Å². The van der Waals surface area contributed by atoms with Gasteiger partial charge in [0.1, 0.15) is 5.82 Å². The Morgan fingerprint density at radius 3 is 2.38 bits per heavy atom. The number of piperazine rings is 1. The van der Waals surface area contributed by atoms with Gasteiger partial charge in [0.15, 0.2) is 0 Å². The molecule has 6 nitrogen and oxygen atoms in total. The van der Waals surface area contributed by atoms with Crippen LogP contribution in [0.15, 0.2) is 53.3 Å². The molecule has 0 bridgehead atoms. The van der Waals surface area contributed by atoms with E-state index in [0.717, 1.165) is 17.7 Å². The second kappa shape index (κ2) is 9.12. The van der Waals surface area contributed by atoms with Crippen LogP contribution in [0.4, 0.5) is 13.2 Å². The Kier molecular flexibility index (Phi) is 6.27. The minimum Gasteiger partial charge on any atom is -0.340 e. The number of amides is 1. The maximum Gasteiger partial charge on any atom is 0.416 e. The standard InChI is InChI=1S/C23H23F3N4O2/c24-23(25,26)17-7-5-16(6-8-17)15-29-11-13-30(14-12-29)21(31)10-9-20-27-19-4-2-1-3-18(19)22(32)28-20/h1-8H,9-15H2,(H,27,28,32). The molecule has 1 aliphatic heterocycles. The molecular weight excluding hydrogens is 421 g/mol. The summed E-state index contributed by atoms with van der Waals surface area (Å²) in [5, 5.41) is 0.520. The molecule has 0 aliphatic carbocycles. The molecule has 0 saturated carbocycles. The summed E-state index contributed by atoms with van der Waals surface area (Å²) >= 11 is 0. The summed E-state index contributed by atoms with van der Waals surface area (Å²) in [6.45, 7) is 2.96. The number of benzene rings is 2. The normalized spacial score (nSPS) is 15.3. The van der Waals surface area contributed by atoms with Crippen molar-refractivity contribution in [2.75, 3.05) is 26.2 Å². The molecule has 0 spiro atoms. The molecule has 3 aromatic rings. The predicted octanol–water partition coefficient (Wildman–Crippen LogP) is 3.22. The van der Waals surface area contributed by atoms with Crippen LogP contribution >= 0.6 is 0 Å². The Morgan fingerprint density at radius 2 is 1.69 bits per heavy atom. The molecule has 1 fully saturated rings. The van der Waals surface area contributed by atoms with Crippen molar-refractivity contribution < 1.29 is 18.0 Å². The summed E-state index contributed by atoms with van der Waals surface area (Å²) in [5.41, 5.74) is 0.550. The second-order valence-corrected chi connectivity index (χ2v) is 7.88. The lowest BCUT2D eigenvalue weighted by molar-refractivity contribution is -0.137. The van der Waals surface area contributed by atoms with E-state index in [2.05, 4.69) is 14.9 Å². The van der Waals surface area contributed by atoms with Crippen molar-refractivity contribution in [2.45, 2.75) is 25.6 Å². The number of aromatic nitrogens is 2. The molecule has 2 heterocycles. The zero-order chi connectivity index (χ0) is 22.7. The van der Waals surface area contributed by atoms with Crippen LogP contribution in [0.3, 0.4) is 0 Å². The van der Waals surface area contributed by atoms with Crippen molar-refractivity contribution in [3.8, 4) is 0 Å². The number of hydrogen-bond acceptors (Lipinski definition) is 4. The number of hydrogen-bond donors (Lipinski definition) is 1. The third kappa shape index (κ3) is 5.16. The molecule has 9 heteroatoms. The van der Waals surface area contributed by atoms with Crippen molar-refractivity contribution >= 4 is 16.8 Å². The highest BCUT2D eigenvalue weighted by Crippen LogP contribution is 2.29. The minimum absolute atomic E-state index is 0.00464. The Morgan fingerprint density at radius 1 is 1.00 bits per heavy atom. The van der Waals surface area contributed by atoms with Crippen molar-refractivity contribution in [1.29, 1.82) is 0 Å². The zero-order valence-electron chi connectivity index (χ0n) is 17.4. The van der Waals surface area contributed by atoms with Crippen molar-refractivity contribution in [2.24, 2.45) is 0 Å². The molecule has 1 N–H and O–H groups in total. The van der Waals surface area contributed by atoms with Crippen molar-refractivity contribution in [3.63, 3.8) is 0 Å². The highest BCUT2D eigenvalue weighted by molar-refractivity contribution is 5.78. The van der Waals surface area contributed by atoms with Gasteiger partial charge in [0, 0.05) is 45.6 Å². The van der Waals surface area contributed by atoms with Gasteiger partial charge in [-0.1, -0.05) is 24.3 Å². The fourth-order valence-electron chi connectivity index (χ4n) is 3.85. The first-order chi connectivity index (χ1) is 15.3. The lowest BCUT2D eigenvalue weighted by Gasteiger charge is -2.34. The minimum atomic E-state index is -4.33. The Labute approximate surface area is 182 Å². The molecule has 1 amide bonds. The first-order valence-electron chi connectivity index (χ1n) is 10.4. The van der Waals surface area contributed by atoms with Gasteiger partial charge in [0.25, 0.3) is 5.56 Å². The topological polar surface area (TPSA) is 69.3 Å². The Balaban J connectivity index is 1.27. The molecule has 0 radical (unpaired) electrons. The number of nitrogens with one attached hydrogen (secondary N) is 1. The van der Waals surface area contributed by atoms with Gasteiger partial charge in [0.05, 0.1) is 16.5 Å². The third-order valence-corrected chi connectivity index (χ3v) is 5.65. The molecular formula is C23H23F3N4O2. The number of rotatable bonds is 5. The molecule has 1 saturated heterocycles. The van der Waals surface area contributed by atoms with Gasteiger partial charge >= 0.3 is 6.18 Å². The number of H-pyrrole nitrogens is 1. The number of fused-ring (bicyclic) bond motifs is 1. The fourth-order valence-corrected chi connectivity index (χ4v) is 3.85. The number of aromatic amines is 1. The number of halogens is 3. The molecule has 1 aromatic heterocycles. The summed E-state index contributed by atoms with van der Waals surface area (Å²) < 4.78 is 38.1. The van der Waals surface area contributed by atoms with Crippen LogP contribution in [-0.4, -0.2) is 51.9 Å². The molecule has 1 aliphatic rings. The van der Waals surface area contributed by atoms with Gasteiger partial charge in [-0.15, -0.1) is 0 Å². The van der Waals surface area contributed by atoms with Crippen molar-refractivity contribution in [3.05, 3.63) is 75.8 Å². The van der Waals surface area contributed by atoms with Crippen LogP contribution < -0.4 is 5.56 Å². The number of carbonyl (C=O) groups is 1. The smallest absolute Gasteiger partial charge is 0.340 e. The average molecular weight is 444 g/mol. The van der Waals surface area contributed by atoms with E-state index < -0.39 is 11.7 Å². The monoisotopic (exact) mass is 444 g/mol. The van der Waals surface area contributed by atoms with Gasteiger partial charge < -0.3 is 9.88 Å². The molecule has 2 aromatic carbocycles. The van der Waals surface area contributed by atoms with E-state index in [1.807, 2.05) is 6.07 Å². The SMILES string of the molecule is O=C(CCc1nc2ccccc2c(=O)[nH]1)N1CCN(Cc2ccc(C(F)(F)F)cc2)CC1. The second-order valence-electron chi connectivity index (χ2n) is 7.88. The van der Waals surface area contributed by atoms with Crippen LogP contribution in [0.25, 0.3) is 10.9 Å². The van der Waals surface area contributed by atoms with Crippen LogP contribution in [-0.2, 0) is 23.9 Å². The third-order valence-electron chi connectivity index (χ3n) is 5.65. The van der Waals surface area contributed by atoms with Gasteiger partial charge in [-0.3, -0.25) is 14.5 Å². The van der Waals surface area contributed by atoms with Crippen molar-refractivity contribution in [1.82, 2.24) is 19.8 Å². The van der Waals surface area contributed by atoms with Gasteiger partial charge in [-0.25, -0.2) is 4.98 Å². The lowest BCUT2D eigenvalue weighted by atomic mass is 10.1. The summed E-state index contributed by atoms with van der Waals surface area (Å²) in [4.78, 5) is 35.8.